The maximum atomic E-state index is 12.5. The van der Waals surface area contributed by atoms with Gasteiger partial charge in [0.05, 0.1) is 17.7 Å². The summed E-state index contributed by atoms with van der Waals surface area (Å²) in [5.74, 6) is 0.211. The number of hydrogen-bond acceptors (Lipinski definition) is 4. The third kappa shape index (κ3) is 4.15. The van der Waals surface area contributed by atoms with Crippen LogP contribution in [0.5, 0.6) is 5.75 Å². The Bertz CT molecular complexity index is 823. The van der Waals surface area contributed by atoms with E-state index in [-0.39, 0.29) is 17.0 Å². The normalized spacial score (nSPS) is 11.1. The number of carbonyl (C=O) groups excluding carboxylic acids is 1. The minimum Gasteiger partial charge on any atom is -0.495 e. The fourth-order valence-electron chi connectivity index (χ4n) is 2.47. The van der Waals surface area contributed by atoms with E-state index < -0.39 is 4.92 Å². The van der Waals surface area contributed by atoms with Crippen LogP contribution >= 0.6 is 0 Å². The van der Waals surface area contributed by atoms with Crippen molar-refractivity contribution in [3.63, 3.8) is 0 Å². The lowest BCUT2D eigenvalue weighted by Crippen LogP contribution is -2.15. The summed E-state index contributed by atoms with van der Waals surface area (Å²) in [4.78, 5) is 23.0. The quantitative estimate of drug-likeness (QED) is 0.657. The zero-order valence-electron chi connectivity index (χ0n) is 15.0. The molecule has 0 aliphatic rings. The third-order valence-corrected chi connectivity index (χ3v) is 3.97. The van der Waals surface area contributed by atoms with E-state index in [1.54, 1.807) is 6.92 Å². The second-order valence-electron chi connectivity index (χ2n) is 6.88. The highest BCUT2D eigenvalue weighted by atomic mass is 16.6. The Kier molecular flexibility index (Phi) is 5.11. The predicted octanol–water partition coefficient (Wildman–Crippen LogP) is 4.46. The van der Waals surface area contributed by atoms with Gasteiger partial charge in [0.25, 0.3) is 11.6 Å². The molecule has 0 fully saturated rings. The molecular formula is C19H22N2O4. The molecule has 2 rings (SSSR count). The van der Waals surface area contributed by atoms with Crippen LogP contribution < -0.4 is 10.1 Å². The van der Waals surface area contributed by atoms with Gasteiger partial charge in [0.15, 0.2) is 0 Å². The molecule has 0 spiro atoms. The molecule has 2 aromatic rings. The van der Waals surface area contributed by atoms with E-state index in [4.69, 9.17) is 4.74 Å². The zero-order valence-corrected chi connectivity index (χ0v) is 15.0. The highest BCUT2D eigenvalue weighted by Crippen LogP contribution is 2.32. The van der Waals surface area contributed by atoms with Gasteiger partial charge in [-0.1, -0.05) is 26.8 Å². The summed E-state index contributed by atoms with van der Waals surface area (Å²) in [6.45, 7) is 7.86. The van der Waals surface area contributed by atoms with E-state index >= 15 is 0 Å². The standard InChI is InChI=1S/C19H22N2O4/c1-12-10-13(6-8-16(12)21(23)24)18(22)20-15-11-14(19(2,3)4)7-9-17(15)25-5/h6-11H,1-5H3,(H,20,22). The minimum absolute atomic E-state index is 0.0103. The summed E-state index contributed by atoms with van der Waals surface area (Å²) in [5.41, 5.74) is 2.33. The van der Waals surface area contributed by atoms with Crippen LogP contribution in [-0.4, -0.2) is 17.9 Å². The second kappa shape index (κ2) is 6.93. The van der Waals surface area contributed by atoms with E-state index in [1.165, 1.54) is 25.3 Å². The van der Waals surface area contributed by atoms with Gasteiger partial charge in [0.2, 0.25) is 0 Å². The Morgan fingerprint density at radius 1 is 1.16 bits per heavy atom. The Balaban J connectivity index is 2.34. The Morgan fingerprint density at radius 3 is 2.36 bits per heavy atom. The fraction of sp³-hybridized carbons (Fsp3) is 0.316. The molecule has 0 aromatic heterocycles. The number of nitro benzene ring substituents is 1. The van der Waals surface area contributed by atoms with Crippen LogP contribution in [0.3, 0.4) is 0 Å². The zero-order chi connectivity index (χ0) is 18.8. The molecule has 25 heavy (non-hydrogen) atoms. The van der Waals surface area contributed by atoms with Gasteiger partial charge in [-0.3, -0.25) is 14.9 Å². The summed E-state index contributed by atoms with van der Waals surface area (Å²) in [6, 6.07) is 9.96. The number of nitro groups is 1. The van der Waals surface area contributed by atoms with Gasteiger partial charge in [0, 0.05) is 17.2 Å². The molecule has 6 nitrogen and oxygen atoms in total. The number of anilines is 1. The van der Waals surface area contributed by atoms with Gasteiger partial charge in [-0.15, -0.1) is 0 Å². The van der Waals surface area contributed by atoms with E-state index in [1.807, 2.05) is 18.2 Å². The van der Waals surface area contributed by atoms with Crippen LogP contribution in [0.4, 0.5) is 11.4 Å². The Hall–Kier alpha value is -2.89. The molecule has 2 aromatic carbocycles. The maximum Gasteiger partial charge on any atom is 0.272 e. The van der Waals surface area contributed by atoms with E-state index in [0.717, 1.165) is 5.56 Å². The van der Waals surface area contributed by atoms with Gasteiger partial charge >= 0.3 is 0 Å². The first-order chi connectivity index (χ1) is 11.6. The summed E-state index contributed by atoms with van der Waals surface area (Å²) < 4.78 is 5.32. The SMILES string of the molecule is COc1ccc(C(C)(C)C)cc1NC(=O)c1ccc([N+](=O)[O-])c(C)c1. The number of aryl methyl sites for hydroxylation is 1. The lowest BCUT2D eigenvalue weighted by Gasteiger charge is -2.21. The number of nitrogens with one attached hydrogen (secondary N) is 1. The monoisotopic (exact) mass is 342 g/mol. The van der Waals surface area contributed by atoms with Crippen molar-refractivity contribution in [3.05, 3.63) is 63.2 Å². The molecule has 0 bridgehead atoms. The number of amides is 1. The first-order valence-electron chi connectivity index (χ1n) is 7.88. The average molecular weight is 342 g/mol. The minimum atomic E-state index is -0.465. The summed E-state index contributed by atoms with van der Waals surface area (Å²) in [5, 5.41) is 13.7. The number of methoxy groups -OCH3 is 1. The summed E-state index contributed by atoms with van der Waals surface area (Å²) in [7, 11) is 1.54. The van der Waals surface area contributed by atoms with Crippen molar-refractivity contribution in [1.29, 1.82) is 0 Å². The molecule has 0 saturated carbocycles. The van der Waals surface area contributed by atoms with Gasteiger partial charge < -0.3 is 10.1 Å². The second-order valence-corrected chi connectivity index (χ2v) is 6.88. The molecule has 0 radical (unpaired) electrons. The number of hydrogen-bond donors (Lipinski definition) is 1. The molecule has 0 atom stereocenters. The van der Waals surface area contributed by atoms with Crippen LogP contribution in [0.15, 0.2) is 36.4 Å². The topological polar surface area (TPSA) is 81.5 Å². The van der Waals surface area contributed by atoms with Crippen molar-refractivity contribution < 1.29 is 14.5 Å². The fourth-order valence-corrected chi connectivity index (χ4v) is 2.47. The van der Waals surface area contributed by atoms with Gasteiger partial charge in [-0.2, -0.15) is 0 Å². The smallest absolute Gasteiger partial charge is 0.272 e. The van der Waals surface area contributed by atoms with Crippen molar-refractivity contribution in [1.82, 2.24) is 0 Å². The van der Waals surface area contributed by atoms with E-state index in [9.17, 15) is 14.9 Å². The maximum absolute atomic E-state index is 12.5. The van der Waals surface area contributed by atoms with Crippen LogP contribution in [0.2, 0.25) is 0 Å². The Labute approximate surface area is 147 Å². The Morgan fingerprint density at radius 2 is 1.84 bits per heavy atom. The molecule has 0 saturated heterocycles. The van der Waals surface area contributed by atoms with Crippen molar-refractivity contribution in [2.24, 2.45) is 0 Å². The lowest BCUT2D eigenvalue weighted by molar-refractivity contribution is -0.385. The number of nitrogens with zero attached hydrogens (tertiary/aromatic N) is 1. The molecule has 0 aliphatic heterocycles. The number of rotatable bonds is 4. The first kappa shape index (κ1) is 18.4. The number of carbonyl (C=O) groups is 1. The highest BCUT2D eigenvalue weighted by molar-refractivity contribution is 6.05. The molecular weight excluding hydrogens is 320 g/mol. The number of benzene rings is 2. The van der Waals surface area contributed by atoms with Crippen molar-refractivity contribution >= 4 is 17.3 Å². The lowest BCUT2D eigenvalue weighted by atomic mass is 9.87. The molecule has 1 N–H and O–H groups in total. The third-order valence-electron chi connectivity index (χ3n) is 3.97. The molecule has 0 heterocycles. The molecule has 1 amide bonds. The van der Waals surface area contributed by atoms with Gasteiger partial charge in [-0.25, -0.2) is 0 Å². The van der Waals surface area contributed by atoms with Crippen LogP contribution in [0.25, 0.3) is 0 Å². The van der Waals surface area contributed by atoms with Crippen LogP contribution in [-0.2, 0) is 5.41 Å². The molecule has 0 aliphatic carbocycles. The molecule has 0 unspecified atom stereocenters. The van der Waals surface area contributed by atoms with Gasteiger partial charge in [-0.05, 0) is 42.2 Å². The van der Waals surface area contributed by atoms with Crippen LogP contribution in [0, 0.1) is 17.0 Å². The first-order valence-corrected chi connectivity index (χ1v) is 7.88. The largest absolute Gasteiger partial charge is 0.495 e. The molecule has 132 valence electrons. The van der Waals surface area contributed by atoms with Crippen LogP contribution in [0.1, 0.15) is 42.3 Å². The van der Waals surface area contributed by atoms with E-state index in [0.29, 0.717) is 22.6 Å². The molecule has 6 heteroatoms. The number of ether oxygens (including phenoxy) is 1. The van der Waals surface area contributed by atoms with Crippen molar-refractivity contribution in [2.75, 3.05) is 12.4 Å². The average Bonchev–Trinajstić information content (AvgIpc) is 2.53. The summed E-state index contributed by atoms with van der Waals surface area (Å²) >= 11 is 0. The van der Waals surface area contributed by atoms with Crippen molar-refractivity contribution in [3.8, 4) is 5.75 Å². The highest BCUT2D eigenvalue weighted by Gasteiger charge is 2.18. The van der Waals surface area contributed by atoms with Crippen molar-refractivity contribution in [2.45, 2.75) is 33.1 Å². The van der Waals surface area contributed by atoms with E-state index in [2.05, 4.69) is 26.1 Å². The predicted molar refractivity (Wildman–Crippen MR) is 97.5 cm³/mol. The van der Waals surface area contributed by atoms with Gasteiger partial charge in [0.1, 0.15) is 5.75 Å². The summed E-state index contributed by atoms with van der Waals surface area (Å²) in [6.07, 6.45) is 0.